The minimum Gasteiger partial charge on any atom is -0.310 e. The third kappa shape index (κ3) is 3.72. The summed E-state index contributed by atoms with van der Waals surface area (Å²) in [6.07, 6.45) is 0. The molecular weight excluding hydrogens is 256 g/mol. The lowest BCUT2D eigenvalue weighted by Crippen LogP contribution is -2.22. The number of nitrogens with one attached hydrogen (secondary N) is 1. The number of hydrogen-bond acceptors (Lipinski definition) is 2. The maximum atomic E-state index is 3.48. The van der Waals surface area contributed by atoms with Gasteiger partial charge in [-0.25, -0.2) is 0 Å². The zero-order valence-corrected chi connectivity index (χ0v) is 13.0. The van der Waals surface area contributed by atoms with Crippen molar-refractivity contribution in [3.05, 3.63) is 70.8 Å². The van der Waals surface area contributed by atoms with E-state index in [1.807, 2.05) is 0 Å². The van der Waals surface area contributed by atoms with Crippen LogP contribution < -0.4 is 5.32 Å². The number of rotatable bonds is 5. The largest absolute Gasteiger partial charge is 0.310 e. The number of benzene rings is 2. The Bertz CT molecular complexity index is 579. The van der Waals surface area contributed by atoms with Crippen molar-refractivity contribution in [2.24, 2.45) is 0 Å². The zero-order chi connectivity index (χ0) is 14.7. The molecule has 0 unspecified atom stereocenters. The summed E-state index contributed by atoms with van der Waals surface area (Å²) in [6.45, 7) is 8.50. The number of nitrogens with zero attached hydrogens (tertiary/aromatic N) is 1. The topological polar surface area (TPSA) is 15.3 Å². The number of hydrogen-bond donors (Lipinski definition) is 1. The van der Waals surface area contributed by atoms with E-state index in [0.717, 1.165) is 26.2 Å². The van der Waals surface area contributed by atoms with Gasteiger partial charge in [0.05, 0.1) is 0 Å². The van der Waals surface area contributed by atoms with Gasteiger partial charge in [0.25, 0.3) is 0 Å². The molecule has 0 atom stereocenters. The Balaban J connectivity index is 1.62. The summed E-state index contributed by atoms with van der Waals surface area (Å²) in [5, 5.41) is 3.48. The summed E-state index contributed by atoms with van der Waals surface area (Å²) in [5.41, 5.74) is 5.74. The minimum absolute atomic E-state index is 0.529. The molecule has 21 heavy (non-hydrogen) atoms. The summed E-state index contributed by atoms with van der Waals surface area (Å²) in [7, 11) is 0. The van der Waals surface area contributed by atoms with Crippen molar-refractivity contribution in [3.8, 4) is 0 Å². The van der Waals surface area contributed by atoms with Gasteiger partial charge in [-0.15, -0.1) is 0 Å². The zero-order valence-electron chi connectivity index (χ0n) is 13.0. The van der Waals surface area contributed by atoms with Crippen LogP contribution in [0.25, 0.3) is 0 Å². The SMILES string of the molecule is CC(C)NCc1cccc(CN2Cc3ccccc3C2)c1. The van der Waals surface area contributed by atoms with E-state index in [1.165, 1.54) is 22.3 Å². The van der Waals surface area contributed by atoms with Crippen molar-refractivity contribution >= 4 is 0 Å². The minimum atomic E-state index is 0.529. The van der Waals surface area contributed by atoms with Gasteiger partial charge < -0.3 is 5.32 Å². The summed E-state index contributed by atoms with van der Waals surface area (Å²) in [5.74, 6) is 0. The summed E-state index contributed by atoms with van der Waals surface area (Å²) < 4.78 is 0. The van der Waals surface area contributed by atoms with E-state index in [2.05, 4.69) is 72.6 Å². The second kappa shape index (κ2) is 6.42. The fraction of sp³-hybridized carbons (Fsp3) is 0.368. The summed E-state index contributed by atoms with van der Waals surface area (Å²) in [4.78, 5) is 2.51. The van der Waals surface area contributed by atoms with Gasteiger partial charge in [0.1, 0.15) is 0 Å². The van der Waals surface area contributed by atoms with E-state index >= 15 is 0 Å². The van der Waals surface area contributed by atoms with Crippen LogP contribution in [0.4, 0.5) is 0 Å². The van der Waals surface area contributed by atoms with E-state index in [4.69, 9.17) is 0 Å². The molecule has 0 fully saturated rings. The summed E-state index contributed by atoms with van der Waals surface area (Å²) >= 11 is 0. The molecule has 0 amide bonds. The Morgan fingerprint density at radius 3 is 2.29 bits per heavy atom. The van der Waals surface area contributed by atoms with Crippen LogP contribution >= 0.6 is 0 Å². The highest BCUT2D eigenvalue weighted by Crippen LogP contribution is 2.24. The fourth-order valence-corrected chi connectivity index (χ4v) is 2.93. The molecule has 1 aliphatic heterocycles. The van der Waals surface area contributed by atoms with Crippen molar-refractivity contribution < 1.29 is 0 Å². The lowest BCUT2D eigenvalue weighted by atomic mass is 10.1. The van der Waals surface area contributed by atoms with Gasteiger partial charge in [0.2, 0.25) is 0 Å². The molecule has 0 saturated heterocycles. The molecule has 0 aromatic heterocycles. The first kappa shape index (κ1) is 14.3. The molecule has 0 bridgehead atoms. The third-order valence-corrected chi connectivity index (χ3v) is 4.02. The first-order valence-corrected chi connectivity index (χ1v) is 7.81. The third-order valence-electron chi connectivity index (χ3n) is 4.02. The van der Waals surface area contributed by atoms with Gasteiger partial charge in [-0.3, -0.25) is 4.90 Å². The van der Waals surface area contributed by atoms with E-state index < -0.39 is 0 Å². The van der Waals surface area contributed by atoms with Crippen LogP contribution in [-0.4, -0.2) is 10.9 Å². The van der Waals surface area contributed by atoms with Crippen LogP contribution in [0.15, 0.2) is 48.5 Å². The molecule has 0 saturated carbocycles. The van der Waals surface area contributed by atoms with Crippen molar-refractivity contribution in [1.29, 1.82) is 0 Å². The predicted molar refractivity (Wildman–Crippen MR) is 87.8 cm³/mol. The second-order valence-electron chi connectivity index (χ2n) is 6.27. The average molecular weight is 280 g/mol. The monoisotopic (exact) mass is 280 g/mol. The predicted octanol–water partition coefficient (Wildman–Crippen LogP) is 3.70. The van der Waals surface area contributed by atoms with E-state index in [-0.39, 0.29) is 0 Å². The molecule has 2 aromatic carbocycles. The fourth-order valence-electron chi connectivity index (χ4n) is 2.93. The van der Waals surface area contributed by atoms with Crippen LogP contribution in [0.2, 0.25) is 0 Å². The Labute approximate surface area is 127 Å². The van der Waals surface area contributed by atoms with Crippen molar-refractivity contribution in [2.45, 2.75) is 46.1 Å². The molecular formula is C19H24N2. The highest BCUT2D eigenvalue weighted by molar-refractivity contribution is 5.31. The maximum Gasteiger partial charge on any atom is 0.0244 e. The average Bonchev–Trinajstić information content (AvgIpc) is 2.87. The smallest absolute Gasteiger partial charge is 0.0244 e. The van der Waals surface area contributed by atoms with Crippen molar-refractivity contribution in [2.75, 3.05) is 0 Å². The van der Waals surface area contributed by atoms with Crippen molar-refractivity contribution in [1.82, 2.24) is 10.2 Å². The normalized spacial score (nSPS) is 14.6. The lowest BCUT2D eigenvalue weighted by molar-refractivity contribution is 0.275. The van der Waals surface area contributed by atoms with Crippen LogP contribution in [0.5, 0.6) is 0 Å². The molecule has 0 aliphatic carbocycles. The van der Waals surface area contributed by atoms with Gasteiger partial charge >= 0.3 is 0 Å². The Morgan fingerprint density at radius 1 is 0.952 bits per heavy atom. The molecule has 1 aliphatic rings. The molecule has 2 nitrogen and oxygen atoms in total. The molecule has 3 rings (SSSR count). The molecule has 1 N–H and O–H groups in total. The molecule has 110 valence electrons. The highest BCUT2D eigenvalue weighted by atomic mass is 15.1. The first-order chi connectivity index (χ1) is 10.2. The van der Waals surface area contributed by atoms with Crippen molar-refractivity contribution in [3.63, 3.8) is 0 Å². The van der Waals surface area contributed by atoms with E-state index in [1.54, 1.807) is 0 Å². The molecule has 0 spiro atoms. The Kier molecular flexibility index (Phi) is 4.37. The standard InChI is InChI=1S/C19H24N2/c1-15(2)20-11-16-6-5-7-17(10-16)12-21-13-18-8-3-4-9-19(18)14-21/h3-10,15,20H,11-14H2,1-2H3. The quantitative estimate of drug-likeness (QED) is 0.898. The highest BCUT2D eigenvalue weighted by Gasteiger charge is 2.17. The van der Waals surface area contributed by atoms with Crippen LogP contribution in [0, 0.1) is 0 Å². The Hall–Kier alpha value is -1.64. The maximum absolute atomic E-state index is 3.48. The van der Waals surface area contributed by atoms with E-state index in [0.29, 0.717) is 6.04 Å². The van der Waals surface area contributed by atoms with Gasteiger partial charge in [-0.2, -0.15) is 0 Å². The number of fused-ring (bicyclic) bond motifs is 1. The Morgan fingerprint density at radius 2 is 1.62 bits per heavy atom. The van der Waals surface area contributed by atoms with Gasteiger partial charge in [0, 0.05) is 32.2 Å². The van der Waals surface area contributed by atoms with Crippen LogP contribution in [0.3, 0.4) is 0 Å². The van der Waals surface area contributed by atoms with Gasteiger partial charge in [-0.1, -0.05) is 62.4 Å². The van der Waals surface area contributed by atoms with Crippen LogP contribution in [-0.2, 0) is 26.2 Å². The first-order valence-electron chi connectivity index (χ1n) is 7.81. The second-order valence-corrected chi connectivity index (χ2v) is 6.27. The molecule has 2 heteroatoms. The molecule has 1 heterocycles. The van der Waals surface area contributed by atoms with Gasteiger partial charge in [0.15, 0.2) is 0 Å². The molecule has 0 radical (unpaired) electrons. The van der Waals surface area contributed by atoms with Gasteiger partial charge in [-0.05, 0) is 22.3 Å². The lowest BCUT2D eigenvalue weighted by Gasteiger charge is -2.16. The molecule has 2 aromatic rings. The summed E-state index contributed by atoms with van der Waals surface area (Å²) in [6, 6.07) is 18.3. The van der Waals surface area contributed by atoms with Crippen LogP contribution in [0.1, 0.15) is 36.1 Å². The van der Waals surface area contributed by atoms with E-state index in [9.17, 15) is 0 Å².